The molecule has 7 heteroatoms. The number of thiophene rings is 1. The van der Waals surface area contributed by atoms with Crippen LogP contribution in [-0.2, 0) is 16.0 Å². The second-order valence-corrected chi connectivity index (χ2v) is 7.49. The molecule has 1 amide bonds. The number of nitrogens with zero attached hydrogens (tertiary/aromatic N) is 1. The molecular weight excluding hydrogens is 352 g/mol. The molecule has 0 atom stereocenters. The van der Waals surface area contributed by atoms with Gasteiger partial charge in [0.05, 0.1) is 19.1 Å². The standard InChI is InChI=1S/C19H20N2O4S/c1-9-6-13-14(21-25-15(13)7-10(9)2)8-16(22)20-18-17(19(23)24-5)11(3)12(4)26-18/h6-7H,8H2,1-5H3,(H,20,22). The number of rotatable bonds is 4. The van der Waals surface area contributed by atoms with Crippen LogP contribution in [0.3, 0.4) is 0 Å². The third-order valence-electron chi connectivity index (χ3n) is 4.52. The summed E-state index contributed by atoms with van der Waals surface area (Å²) in [6, 6.07) is 3.89. The van der Waals surface area contributed by atoms with E-state index in [9.17, 15) is 9.59 Å². The van der Waals surface area contributed by atoms with Crippen LogP contribution >= 0.6 is 11.3 Å². The van der Waals surface area contributed by atoms with Gasteiger partial charge in [0.25, 0.3) is 0 Å². The van der Waals surface area contributed by atoms with Gasteiger partial charge in [-0.05, 0) is 56.5 Å². The van der Waals surface area contributed by atoms with Crippen LogP contribution in [-0.4, -0.2) is 24.1 Å². The number of carbonyl (C=O) groups is 2. The minimum Gasteiger partial charge on any atom is -0.465 e. The van der Waals surface area contributed by atoms with Gasteiger partial charge in [-0.1, -0.05) is 5.16 Å². The van der Waals surface area contributed by atoms with Gasteiger partial charge >= 0.3 is 5.97 Å². The Hall–Kier alpha value is -2.67. The van der Waals surface area contributed by atoms with Gasteiger partial charge < -0.3 is 14.6 Å². The van der Waals surface area contributed by atoms with Crippen molar-refractivity contribution in [2.24, 2.45) is 0 Å². The van der Waals surface area contributed by atoms with E-state index in [0.29, 0.717) is 21.8 Å². The number of aromatic nitrogens is 1. The lowest BCUT2D eigenvalue weighted by Crippen LogP contribution is -2.16. The van der Waals surface area contributed by atoms with E-state index in [1.165, 1.54) is 18.4 Å². The molecule has 6 nitrogen and oxygen atoms in total. The summed E-state index contributed by atoms with van der Waals surface area (Å²) in [5.74, 6) is -0.718. The Morgan fingerprint density at radius 3 is 2.58 bits per heavy atom. The van der Waals surface area contributed by atoms with E-state index >= 15 is 0 Å². The fourth-order valence-electron chi connectivity index (χ4n) is 2.76. The van der Waals surface area contributed by atoms with Crippen LogP contribution in [0.15, 0.2) is 16.7 Å². The molecule has 136 valence electrons. The Kier molecular flexibility index (Phi) is 4.82. The summed E-state index contributed by atoms with van der Waals surface area (Å²) in [5.41, 5.74) is 4.67. The number of amides is 1. The minimum atomic E-state index is -0.458. The molecule has 0 unspecified atom stereocenters. The molecule has 3 aromatic rings. The molecule has 2 aromatic heterocycles. The number of hydrogen-bond acceptors (Lipinski definition) is 6. The molecule has 0 radical (unpaired) electrons. The number of esters is 1. The summed E-state index contributed by atoms with van der Waals surface area (Å²) in [6.45, 7) is 7.74. The summed E-state index contributed by atoms with van der Waals surface area (Å²) in [4.78, 5) is 25.5. The predicted molar refractivity (Wildman–Crippen MR) is 101 cm³/mol. The first kappa shape index (κ1) is 18.1. The number of fused-ring (bicyclic) bond motifs is 1. The molecule has 0 bridgehead atoms. The smallest absolute Gasteiger partial charge is 0.341 e. The monoisotopic (exact) mass is 372 g/mol. The van der Waals surface area contributed by atoms with Crippen molar-refractivity contribution in [2.75, 3.05) is 12.4 Å². The molecule has 0 spiro atoms. The van der Waals surface area contributed by atoms with Crippen LogP contribution in [0, 0.1) is 27.7 Å². The van der Waals surface area contributed by atoms with E-state index < -0.39 is 5.97 Å². The van der Waals surface area contributed by atoms with Crippen molar-refractivity contribution in [2.45, 2.75) is 34.1 Å². The highest BCUT2D eigenvalue weighted by atomic mass is 32.1. The maximum atomic E-state index is 12.5. The average Bonchev–Trinajstić information content (AvgIpc) is 3.08. The van der Waals surface area contributed by atoms with Gasteiger partial charge in [-0.3, -0.25) is 4.79 Å². The summed E-state index contributed by atoms with van der Waals surface area (Å²) in [7, 11) is 1.33. The second kappa shape index (κ2) is 6.92. The first-order valence-corrected chi connectivity index (χ1v) is 8.97. The number of ether oxygens (including phenoxy) is 1. The SMILES string of the molecule is COC(=O)c1c(NC(=O)Cc2noc3cc(C)c(C)cc23)sc(C)c1C. The van der Waals surface area contributed by atoms with Gasteiger partial charge in [-0.15, -0.1) is 11.3 Å². The molecule has 0 aliphatic carbocycles. The number of anilines is 1. The van der Waals surface area contributed by atoms with Crippen molar-refractivity contribution in [3.63, 3.8) is 0 Å². The Labute approximate surface area is 155 Å². The highest BCUT2D eigenvalue weighted by molar-refractivity contribution is 7.16. The summed E-state index contributed by atoms with van der Waals surface area (Å²) in [5, 5.41) is 8.17. The highest BCUT2D eigenvalue weighted by Crippen LogP contribution is 2.33. The van der Waals surface area contributed by atoms with Crippen molar-refractivity contribution < 1.29 is 18.8 Å². The highest BCUT2D eigenvalue weighted by Gasteiger charge is 2.22. The summed E-state index contributed by atoms with van der Waals surface area (Å²) >= 11 is 1.36. The van der Waals surface area contributed by atoms with Crippen molar-refractivity contribution >= 4 is 39.2 Å². The zero-order valence-electron chi connectivity index (χ0n) is 15.4. The van der Waals surface area contributed by atoms with E-state index in [-0.39, 0.29) is 12.3 Å². The Morgan fingerprint density at radius 1 is 1.19 bits per heavy atom. The number of benzene rings is 1. The van der Waals surface area contributed by atoms with Crippen LogP contribution in [0.25, 0.3) is 11.0 Å². The molecule has 0 saturated carbocycles. The van der Waals surface area contributed by atoms with Crippen molar-refractivity contribution in [3.05, 3.63) is 45.0 Å². The van der Waals surface area contributed by atoms with Gasteiger partial charge in [-0.2, -0.15) is 0 Å². The van der Waals surface area contributed by atoms with Crippen LogP contribution in [0.2, 0.25) is 0 Å². The lowest BCUT2D eigenvalue weighted by Gasteiger charge is -2.05. The quantitative estimate of drug-likeness (QED) is 0.698. The largest absolute Gasteiger partial charge is 0.465 e. The van der Waals surface area contributed by atoms with Gasteiger partial charge in [0.1, 0.15) is 10.7 Å². The number of aryl methyl sites for hydroxylation is 3. The van der Waals surface area contributed by atoms with Crippen molar-refractivity contribution in [1.82, 2.24) is 5.16 Å². The van der Waals surface area contributed by atoms with Gasteiger partial charge in [0.15, 0.2) is 5.58 Å². The first-order valence-electron chi connectivity index (χ1n) is 8.15. The normalized spacial score (nSPS) is 11.0. The van der Waals surface area contributed by atoms with Crippen LogP contribution in [0.1, 0.15) is 37.6 Å². The van der Waals surface area contributed by atoms with Crippen molar-refractivity contribution in [1.29, 1.82) is 0 Å². The third-order valence-corrected chi connectivity index (χ3v) is 5.64. The molecule has 0 aliphatic heterocycles. The Morgan fingerprint density at radius 2 is 1.88 bits per heavy atom. The zero-order valence-corrected chi connectivity index (χ0v) is 16.2. The third kappa shape index (κ3) is 3.22. The molecular formula is C19H20N2O4S. The van der Waals surface area contributed by atoms with E-state index in [0.717, 1.165) is 27.0 Å². The lowest BCUT2D eigenvalue weighted by molar-refractivity contribution is -0.115. The van der Waals surface area contributed by atoms with E-state index in [1.54, 1.807) is 0 Å². The molecule has 1 N–H and O–H groups in total. The zero-order chi connectivity index (χ0) is 19.0. The molecule has 2 heterocycles. The molecule has 0 saturated heterocycles. The van der Waals surface area contributed by atoms with Crippen LogP contribution in [0.4, 0.5) is 5.00 Å². The molecule has 0 aliphatic rings. The van der Waals surface area contributed by atoms with Crippen molar-refractivity contribution in [3.8, 4) is 0 Å². The fraction of sp³-hybridized carbons (Fsp3) is 0.316. The van der Waals surface area contributed by atoms with Crippen LogP contribution in [0.5, 0.6) is 0 Å². The average molecular weight is 372 g/mol. The van der Waals surface area contributed by atoms with Crippen LogP contribution < -0.4 is 5.32 Å². The Bertz CT molecular complexity index is 1020. The molecule has 1 aromatic carbocycles. The van der Waals surface area contributed by atoms with E-state index in [4.69, 9.17) is 9.26 Å². The number of nitrogens with one attached hydrogen (secondary N) is 1. The maximum absolute atomic E-state index is 12.5. The Balaban J connectivity index is 1.85. The number of carbonyl (C=O) groups excluding carboxylic acids is 2. The minimum absolute atomic E-state index is 0.0616. The van der Waals surface area contributed by atoms with Gasteiger partial charge in [0.2, 0.25) is 5.91 Å². The summed E-state index contributed by atoms with van der Waals surface area (Å²) < 4.78 is 10.2. The predicted octanol–water partition coefficient (Wildman–Crippen LogP) is 4.09. The van der Waals surface area contributed by atoms with Gasteiger partial charge in [0, 0.05) is 10.3 Å². The second-order valence-electron chi connectivity index (χ2n) is 6.27. The maximum Gasteiger partial charge on any atom is 0.341 e. The number of methoxy groups -OCH3 is 1. The fourth-order valence-corrected chi connectivity index (χ4v) is 3.82. The van der Waals surface area contributed by atoms with Gasteiger partial charge in [-0.25, -0.2) is 4.79 Å². The summed E-state index contributed by atoms with van der Waals surface area (Å²) in [6.07, 6.45) is 0.0616. The first-order chi connectivity index (χ1) is 12.3. The topological polar surface area (TPSA) is 81.4 Å². The van der Waals surface area contributed by atoms with E-state index in [1.807, 2.05) is 39.8 Å². The van der Waals surface area contributed by atoms with E-state index in [2.05, 4.69) is 10.5 Å². The number of hydrogen-bond donors (Lipinski definition) is 1. The molecule has 3 rings (SSSR count). The lowest BCUT2D eigenvalue weighted by atomic mass is 10.1. The molecule has 0 fully saturated rings. The molecule has 26 heavy (non-hydrogen) atoms.